The van der Waals surface area contributed by atoms with Crippen LogP contribution in [0.5, 0.6) is 5.75 Å². The van der Waals surface area contributed by atoms with Crippen LogP contribution in [0.1, 0.15) is 40.0 Å². The highest BCUT2D eigenvalue weighted by atomic mass is 79.9. The summed E-state index contributed by atoms with van der Waals surface area (Å²) in [5.74, 6) is 1.74. The highest BCUT2D eigenvalue weighted by Gasteiger charge is 2.02. The fourth-order valence-electron chi connectivity index (χ4n) is 1.94. The molecule has 1 rings (SSSR count). The summed E-state index contributed by atoms with van der Waals surface area (Å²) in [5.41, 5.74) is 0. The number of hydrogen-bond acceptors (Lipinski definition) is 2. The molecule has 0 aliphatic heterocycles. The molecular formula is C16H26BrNO. The van der Waals surface area contributed by atoms with E-state index in [1.54, 1.807) is 0 Å². The Bertz CT molecular complexity index is 337. The van der Waals surface area contributed by atoms with E-state index in [1.165, 1.54) is 19.3 Å². The van der Waals surface area contributed by atoms with Crippen LogP contribution in [-0.4, -0.2) is 19.2 Å². The van der Waals surface area contributed by atoms with Crippen LogP contribution in [0.25, 0.3) is 0 Å². The smallest absolute Gasteiger partial charge is 0.119 e. The summed E-state index contributed by atoms with van der Waals surface area (Å²) in [5, 5.41) is 3.50. The van der Waals surface area contributed by atoms with Gasteiger partial charge in [0.25, 0.3) is 0 Å². The van der Waals surface area contributed by atoms with Gasteiger partial charge in [-0.05, 0) is 43.5 Å². The first-order valence-electron chi connectivity index (χ1n) is 7.19. The molecule has 1 atom stereocenters. The predicted octanol–water partition coefficient (Wildman–Crippen LogP) is 4.63. The molecule has 0 heterocycles. The van der Waals surface area contributed by atoms with Gasteiger partial charge in [0, 0.05) is 17.1 Å². The normalized spacial score (nSPS) is 12.7. The number of benzene rings is 1. The summed E-state index contributed by atoms with van der Waals surface area (Å²) < 4.78 is 6.75. The summed E-state index contributed by atoms with van der Waals surface area (Å²) in [7, 11) is 0. The Hall–Kier alpha value is -0.540. The zero-order valence-corrected chi connectivity index (χ0v) is 13.9. The lowest BCUT2D eigenvalue weighted by molar-refractivity contribution is 0.303. The van der Waals surface area contributed by atoms with E-state index in [-0.39, 0.29) is 0 Å². The van der Waals surface area contributed by atoms with Crippen LogP contribution >= 0.6 is 15.9 Å². The first kappa shape index (κ1) is 16.5. The van der Waals surface area contributed by atoms with Gasteiger partial charge in [-0.3, -0.25) is 0 Å². The van der Waals surface area contributed by atoms with Crippen molar-refractivity contribution in [3.63, 3.8) is 0 Å². The van der Waals surface area contributed by atoms with Crippen molar-refractivity contribution in [2.75, 3.05) is 13.2 Å². The second-order valence-electron chi connectivity index (χ2n) is 5.48. The molecule has 1 N–H and O–H groups in total. The summed E-state index contributed by atoms with van der Waals surface area (Å²) in [6.07, 6.45) is 3.87. The van der Waals surface area contributed by atoms with Gasteiger partial charge in [-0.25, -0.2) is 0 Å². The Morgan fingerprint density at radius 1 is 1.11 bits per heavy atom. The van der Waals surface area contributed by atoms with Crippen molar-refractivity contribution in [3.8, 4) is 5.75 Å². The third-order valence-electron chi connectivity index (χ3n) is 3.10. The Morgan fingerprint density at radius 3 is 2.42 bits per heavy atom. The largest absolute Gasteiger partial charge is 0.492 e. The Morgan fingerprint density at radius 2 is 1.79 bits per heavy atom. The zero-order valence-electron chi connectivity index (χ0n) is 12.3. The fraction of sp³-hybridized carbons (Fsp3) is 0.625. The summed E-state index contributed by atoms with van der Waals surface area (Å²) in [4.78, 5) is 0. The van der Waals surface area contributed by atoms with E-state index in [9.17, 15) is 0 Å². The number of ether oxygens (including phenoxy) is 1. The van der Waals surface area contributed by atoms with Crippen LogP contribution < -0.4 is 10.1 Å². The molecule has 0 amide bonds. The van der Waals surface area contributed by atoms with Gasteiger partial charge in [0.1, 0.15) is 12.4 Å². The predicted molar refractivity (Wildman–Crippen MR) is 85.8 cm³/mol. The lowest BCUT2D eigenvalue weighted by atomic mass is 10.0. The molecular weight excluding hydrogens is 302 g/mol. The topological polar surface area (TPSA) is 21.3 Å². The molecule has 0 spiro atoms. The molecule has 0 aliphatic rings. The summed E-state index contributed by atoms with van der Waals surface area (Å²) in [6.45, 7) is 8.43. The maximum absolute atomic E-state index is 5.67. The van der Waals surface area contributed by atoms with Crippen LogP contribution in [0.4, 0.5) is 0 Å². The lowest BCUT2D eigenvalue weighted by Crippen LogP contribution is -2.30. The van der Waals surface area contributed by atoms with Crippen LogP contribution in [0.3, 0.4) is 0 Å². The lowest BCUT2D eigenvalue weighted by Gasteiger charge is -2.14. The SMILES string of the molecule is CC(C)CCCC(C)NCCOc1ccc(Br)cc1. The van der Waals surface area contributed by atoms with Gasteiger partial charge in [-0.2, -0.15) is 0 Å². The minimum absolute atomic E-state index is 0.576. The van der Waals surface area contributed by atoms with E-state index < -0.39 is 0 Å². The van der Waals surface area contributed by atoms with Crippen LogP contribution in [0.2, 0.25) is 0 Å². The van der Waals surface area contributed by atoms with Crippen molar-refractivity contribution in [3.05, 3.63) is 28.7 Å². The van der Waals surface area contributed by atoms with Gasteiger partial charge < -0.3 is 10.1 Å². The van der Waals surface area contributed by atoms with Gasteiger partial charge in [-0.15, -0.1) is 0 Å². The van der Waals surface area contributed by atoms with Crippen LogP contribution in [-0.2, 0) is 0 Å². The molecule has 0 saturated heterocycles. The Kier molecular flexibility index (Phi) is 8.15. The summed E-state index contributed by atoms with van der Waals surface area (Å²) in [6, 6.07) is 8.54. The van der Waals surface area contributed by atoms with Crippen molar-refractivity contribution in [1.29, 1.82) is 0 Å². The van der Waals surface area contributed by atoms with E-state index in [1.807, 2.05) is 24.3 Å². The maximum atomic E-state index is 5.67. The standard InChI is InChI=1S/C16H26BrNO/c1-13(2)5-4-6-14(3)18-11-12-19-16-9-7-15(17)8-10-16/h7-10,13-14,18H,4-6,11-12H2,1-3H3. The minimum atomic E-state index is 0.576. The van der Waals surface area contributed by atoms with Crippen molar-refractivity contribution < 1.29 is 4.74 Å². The molecule has 0 aliphatic carbocycles. The van der Waals surface area contributed by atoms with E-state index >= 15 is 0 Å². The fourth-order valence-corrected chi connectivity index (χ4v) is 2.20. The Labute approximate surface area is 126 Å². The molecule has 0 radical (unpaired) electrons. The van der Waals surface area contributed by atoms with E-state index in [0.717, 1.165) is 29.3 Å². The van der Waals surface area contributed by atoms with Gasteiger partial charge in [-0.1, -0.05) is 42.6 Å². The molecule has 108 valence electrons. The van der Waals surface area contributed by atoms with Crippen LogP contribution in [0.15, 0.2) is 28.7 Å². The highest BCUT2D eigenvalue weighted by Crippen LogP contribution is 2.15. The molecule has 0 aromatic heterocycles. The van der Waals surface area contributed by atoms with E-state index in [4.69, 9.17) is 4.74 Å². The first-order chi connectivity index (χ1) is 9.08. The molecule has 0 fully saturated rings. The molecule has 1 unspecified atom stereocenters. The molecule has 0 saturated carbocycles. The number of hydrogen-bond donors (Lipinski definition) is 1. The third-order valence-corrected chi connectivity index (χ3v) is 3.62. The average molecular weight is 328 g/mol. The number of rotatable bonds is 9. The molecule has 1 aromatic rings. The van der Waals surface area contributed by atoms with Crippen molar-refractivity contribution in [2.45, 2.75) is 46.1 Å². The summed E-state index contributed by atoms with van der Waals surface area (Å²) >= 11 is 3.41. The van der Waals surface area contributed by atoms with E-state index in [2.05, 4.69) is 42.0 Å². The average Bonchev–Trinajstić information content (AvgIpc) is 2.36. The Balaban J connectivity index is 2.05. The van der Waals surface area contributed by atoms with Gasteiger partial charge in [0.2, 0.25) is 0 Å². The third kappa shape index (κ3) is 8.27. The zero-order chi connectivity index (χ0) is 14.1. The quantitative estimate of drug-likeness (QED) is 0.667. The van der Waals surface area contributed by atoms with Gasteiger partial charge >= 0.3 is 0 Å². The maximum Gasteiger partial charge on any atom is 0.119 e. The van der Waals surface area contributed by atoms with Crippen molar-refractivity contribution in [1.82, 2.24) is 5.32 Å². The van der Waals surface area contributed by atoms with Crippen molar-refractivity contribution >= 4 is 15.9 Å². The molecule has 1 aromatic carbocycles. The molecule has 19 heavy (non-hydrogen) atoms. The number of nitrogens with one attached hydrogen (secondary N) is 1. The monoisotopic (exact) mass is 327 g/mol. The second-order valence-corrected chi connectivity index (χ2v) is 6.40. The van der Waals surface area contributed by atoms with Crippen LogP contribution in [0, 0.1) is 5.92 Å². The molecule has 3 heteroatoms. The first-order valence-corrected chi connectivity index (χ1v) is 7.99. The molecule has 0 bridgehead atoms. The molecule has 2 nitrogen and oxygen atoms in total. The van der Waals surface area contributed by atoms with E-state index in [0.29, 0.717) is 6.04 Å². The highest BCUT2D eigenvalue weighted by molar-refractivity contribution is 9.10. The van der Waals surface area contributed by atoms with Gasteiger partial charge in [0.05, 0.1) is 0 Å². The number of halogens is 1. The van der Waals surface area contributed by atoms with Crippen molar-refractivity contribution in [2.24, 2.45) is 5.92 Å². The van der Waals surface area contributed by atoms with Gasteiger partial charge in [0.15, 0.2) is 0 Å². The minimum Gasteiger partial charge on any atom is -0.492 e. The second kappa shape index (κ2) is 9.38.